The Bertz CT molecular complexity index is 360. The average molecular weight is 247 g/mol. The number of anilines is 1. The Labute approximate surface area is 111 Å². The SMILES string of the molecule is CCCCC(O)c1ccc(N2CCCC2C)cc1. The van der Waals surface area contributed by atoms with Gasteiger partial charge in [0.1, 0.15) is 0 Å². The third kappa shape index (κ3) is 3.05. The highest BCUT2D eigenvalue weighted by Crippen LogP contribution is 2.27. The van der Waals surface area contributed by atoms with Crippen LogP contribution in [0.1, 0.15) is 57.6 Å². The van der Waals surface area contributed by atoms with E-state index in [1.165, 1.54) is 25.1 Å². The molecule has 0 spiro atoms. The van der Waals surface area contributed by atoms with Crippen molar-refractivity contribution < 1.29 is 5.11 Å². The molecule has 2 rings (SSSR count). The molecule has 2 heteroatoms. The lowest BCUT2D eigenvalue weighted by Gasteiger charge is -2.24. The minimum Gasteiger partial charge on any atom is -0.388 e. The Morgan fingerprint density at radius 3 is 2.61 bits per heavy atom. The van der Waals surface area contributed by atoms with Gasteiger partial charge in [-0.2, -0.15) is 0 Å². The van der Waals surface area contributed by atoms with E-state index < -0.39 is 0 Å². The van der Waals surface area contributed by atoms with Gasteiger partial charge in [-0.25, -0.2) is 0 Å². The van der Waals surface area contributed by atoms with E-state index in [9.17, 15) is 5.11 Å². The van der Waals surface area contributed by atoms with Gasteiger partial charge in [-0.05, 0) is 43.9 Å². The summed E-state index contributed by atoms with van der Waals surface area (Å²) in [6.07, 6.45) is 5.39. The second-order valence-electron chi connectivity index (χ2n) is 5.43. The topological polar surface area (TPSA) is 23.5 Å². The third-order valence-corrected chi connectivity index (χ3v) is 3.99. The second-order valence-corrected chi connectivity index (χ2v) is 5.43. The van der Waals surface area contributed by atoms with Crippen molar-refractivity contribution in [1.29, 1.82) is 0 Å². The highest BCUT2D eigenvalue weighted by Gasteiger charge is 2.20. The minimum atomic E-state index is -0.296. The van der Waals surface area contributed by atoms with Crippen LogP contribution in [0.5, 0.6) is 0 Å². The molecule has 0 bridgehead atoms. The van der Waals surface area contributed by atoms with Crippen molar-refractivity contribution in [1.82, 2.24) is 0 Å². The first-order chi connectivity index (χ1) is 8.72. The molecule has 1 aromatic rings. The molecule has 18 heavy (non-hydrogen) atoms. The molecular formula is C16H25NO. The number of nitrogens with zero attached hydrogens (tertiary/aromatic N) is 1. The van der Waals surface area contributed by atoms with E-state index in [4.69, 9.17) is 0 Å². The van der Waals surface area contributed by atoms with E-state index in [2.05, 4.69) is 43.0 Å². The molecule has 1 aliphatic heterocycles. The minimum absolute atomic E-state index is 0.296. The zero-order valence-corrected chi connectivity index (χ0v) is 11.6. The van der Waals surface area contributed by atoms with Crippen LogP contribution in [-0.2, 0) is 0 Å². The summed E-state index contributed by atoms with van der Waals surface area (Å²) in [6.45, 7) is 5.61. The quantitative estimate of drug-likeness (QED) is 0.853. The first kappa shape index (κ1) is 13.4. The first-order valence-corrected chi connectivity index (χ1v) is 7.27. The third-order valence-electron chi connectivity index (χ3n) is 3.99. The monoisotopic (exact) mass is 247 g/mol. The van der Waals surface area contributed by atoms with Gasteiger partial charge >= 0.3 is 0 Å². The van der Waals surface area contributed by atoms with E-state index in [-0.39, 0.29) is 6.10 Å². The molecule has 2 atom stereocenters. The maximum absolute atomic E-state index is 10.0. The molecule has 0 aromatic heterocycles. The number of hydrogen-bond acceptors (Lipinski definition) is 2. The smallest absolute Gasteiger partial charge is 0.0790 e. The van der Waals surface area contributed by atoms with Crippen LogP contribution >= 0.6 is 0 Å². The molecular weight excluding hydrogens is 222 g/mol. The molecule has 0 amide bonds. The fourth-order valence-electron chi connectivity index (χ4n) is 2.77. The number of benzene rings is 1. The van der Waals surface area contributed by atoms with Crippen molar-refractivity contribution in [2.75, 3.05) is 11.4 Å². The predicted octanol–water partition coefficient (Wildman–Crippen LogP) is 3.90. The molecule has 1 aromatic carbocycles. The van der Waals surface area contributed by atoms with Crippen LogP contribution in [0.3, 0.4) is 0 Å². The molecule has 1 fully saturated rings. The van der Waals surface area contributed by atoms with Crippen LogP contribution < -0.4 is 4.90 Å². The van der Waals surface area contributed by atoms with Crippen molar-refractivity contribution >= 4 is 5.69 Å². The zero-order valence-electron chi connectivity index (χ0n) is 11.6. The number of rotatable bonds is 5. The Hall–Kier alpha value is -1.02. The van der Waals surface area contributed by atoms with Crippen molar-refractivity contribution in [3.63, 3.8) is 0 Å². The number of aliphatic hydroxyl groups excluding tert-OH is 1. The standard InChI is InChI=1S/C16H25NO/c1-3-4-7-16(18)14-8-10-15(11-9-14)17-12-5-6-13(17)2/h8-11,13,16,18H,3-7,12H2,1-2H3. The fourth-order valence-corrected chi connectivity index (χ4v) is 2.77. The normalized spacial score (nSPS) is 21.3. The van der Waals surface area contributed by atoms with Gasteiger partial charge in [0, 0.05) is 18.3 Å². The van der Waals surface area contributed by atoms with E-state index in [0.29, 0.717) is 6.04 Å². The van der Waals surface area contributed by atoms with Gasteiger partial charge in [-0.3, -0.25) is 0 Å². The van der Waals surface area contributed by atoms with E-state index in [1.54, 1.807) is 0 Å². The van der Waals surface area contributed by atoms with Crippen LogP contribution in [0.4, 0.5) is 5.69 Å². The molecule has 1 aliphatic rings. The summed E-state index contributed by atoms with van der Waals surface area (Å²) >= 11 is 0. The van der Waals surface area contributed by atoms with E-state index in [0.717, 1.165) is 24.8 Å². The molecule has 2 nitrogen and oxygen atoms in total. The van der Waals surface area contributed by atoms with Crippen molar-refractivity contribution in [2.45, 2.75) is 58.1 Å². The van der Waals surface area contributed by atoms with Crippen LogP contribution in [0.25, 0.3) is 0 Å². The van der Waals surface area contributed by atoms with Crippen LogP contribution in [-0.4, -0.2) is 17.7 Å². The lowest BCUT2D eigenvalue weighted by Crippen LogP contribution is -2.26. The lowest BCUT2D eigenvalue weighted by atomic mass is 10.0. The Kier molecular flexibility index (Phi) is 4.65. The van der Waals surface area contributed by atoms with E-state index >= 15 is 0 Å². The molecule has 2 unspecified atom stereocenters. The summed E-state index contributed by atoms with van der Waals surface area (Å²) in [4.78, 5) is 2.46. The summed E-state index contributed by atoms with van der Waals surface area (Å²) < 4.78 is 0. The summed E-state index contributed by atoms with van der Waals surface area (Å²) in [5.41, 5.74) is 2.35. The van der Waals surface area contributed by atoms with E-state index in [1.807, 2.05) is 0 Å². The zero-order chi connectivity index (χ0) is 13.0. The maximum atomic E-state index is 10.0. The van der Waals surface area contributed by atoms with Gasteiger partial charge in [0.25, 0.3) is 0 Å². The Morgan fingerprint density at radius 1 is 1.33 bits per heavy atom. The molecule has 1 saturated heterocycles. The van der Waals surface area contributed by atoms with Crippen molar-refractivity contribution in [3.05, 3.63) is 29.8 Å². The molecule has 1 N–H and O–H groups in total. The highest BCUT2D eigenvalue weighted by atomic mass is 16.3. The van der Waals surface area contributed by atoms with Crippen LogP contribution in [0.2, 0.25) is 0 Å². The first-order valence-electron chi connectivity index (χ1n) is 7.27. The summed E-state index contributed by atoms with van der Waals surface area (Å²) in [5, 5.41) is 10.0. The van der Waals surface area contributed by atoms with Gasteiger partial charge in [0.2, 0.25) is 0 Å². The van der Waals surface area contributed by atoms with Crippen molar-refractivity contribution in [3.8, 4) is 0 Å². The molecule has 0 saturated carbocycles. The number of aliphatic hydroxyl groups is 1. The average Bonchev–Trinajstić information content (AvgIpc) is 2.82. The summed E-state index contributed by atoms with van der Waals surface area (Å²) in [6, 6.07) is 9.14. The molecule has 0 aliphatic carbocycles. The maximum Gasteiger partial charge on any atom is 0.0790 e. The second kappa shape index (κ2) is 6.24. The Morgan fingerprint density at radius 2 is 2.06 bits per heavy atom. The van der Waals surface area contributed by atoms with Gasteiger partial charge in [0.05, 0.1) is 6.10 Å². The predicted molar refractivity (Wildman–Crippen MR) is 77.0 cm³/mol. The largest absolute Gasteiger partial charge is 0.388 e. The molecule has 100 valence electrons. The fraction of sp³-hybridized carbons (Fsp3) is 0.625. The van der Waals surface area contributed by atoms with Crippen molar-refractivity contribution in [2.24, 2.45) is 0 Å². The van der Waals surface area contributed by atoms with Crippen LogP contribution in [0, 0.1) is 0 Å². The number of hydrogen-bond donors (Lipinski definition) is 1. The summed E-state index contributed by atoms with van der Waals surface area (Å²) in [5.74, 6) is 0. The highest BCUT2D eigenvalue weighted by molar-refractivity contribution is 5.49. The van der Waals surface area contributed by atoms with Gasteiger partial charge in [-0.15, -0.1) is 0 Å². The van der Waals surface area contributed by atoms with Gasteiger partial charge in [-0.1, -0.05) is 31.9 Å². The summed E-state index contributed by atoms with van der Waals surface area (Å²) in [7, 11) is 0. The Balaban J connectivity index is 2.00. The van der Waals surface area contributed by atoms with Crippen LogP contribution in [0.15, 0.2) is 24.3 Å². The van der Waals surface area contributed by atoms with Gasteiger partial charge in [0.15, 0.2) is 0 Å². The molecule has 1 heterocycles. The molecule has 0 radical (unpaired) electrons. The van der Waals surface area contributed by atoms with Gasteiger partial charge < -0.3 is 10.0 Å². The lowest BCUT2D eigenvalue weighted by molar-refractivity contribution is 0.164. The number of unbranched alkanes of at least 4 members (excludes halogenated alkanes) is 1.